The van der Waals surface area contributed by atoms with Crippen LogP contribution in [-0.4, -0.2) is 19.9 Å². The molecule has 2 aromatic heterocycles. The molecular weight excluding hydrogens is 249 g/mol. The van der Waals surface area contributed by atoms with Gasteiger partial charge in [-0.25, -0.2) is 9.67 Å². The van der Waals surface area contributed by atoms with Crippen LogP contribution < -0.4 is 0 Å². The van der Waals surface area contributed by atoms with E-state index >= 15 is 0 Å². The predicted molar refractivity (Wildman–Crippen MR) is 62.0 cm³/mol. The minimum Gasteiger partial charge on any atom is -0.392 e. The molecule has 6 heteroatoms. The van der Waals surface area contributed by atoms with Gasteiger partial charge in [-0.2, -0.15) is 5.10 Å². The molecule has 0 aliphatic heterocycles. The van der Waals surface area contributed by atoms with Crippen LogP contribution in [0.4, 0.5) is 0 Å². The summed E-state index contributed by atoms with van der Waals surface area (Å²) in [6.45, 7) is 1.67. The fraction of sp³-hybridized carbons (Fsp3) is 0.200. The Hall–Kier alpha value is -1.10. The molecule has 2 heterocycles. The fourth-order valence-corrected chi connectivity index (χ4v) is 1.56. The molecule has 0 unspecified atom stereocenters. The maximum Gasteiger partial charge on any atom is 0.153 e. The zero-order valence-corrected chi connectivity index (χ0v) is 10.00. The Bertz CT molecular complexity index is 505. The van der Waals surface area contributed by atoms with Crippen molar-refractivity contribution >= 4 is 23.2 Å². The Kier molecular flexibility index (Phi) is 3.14. The van der Waals surface area contributed by atoms with Gasteiger partial charge in [-0.15, -0.1) is 0 Å². The van der Waals surface area contributed by atoms with Crippen LogP contribution in [0.1, 0.15) is 11.3 Å². The van der Waals surface area contributed by atoms with Crippen LogP contribution in [0.3, 0.4) is 0 Å². The summed E-state index contributed by atoms with van der Waals surface area (Å²) in [7, 11) is 0. The molecule has 0 aromatic carbocycles. The standard InChI is InChI=1S/C10H9Cl2N3O/c1-6-9(12)4-15(14-6)10-2-7(5-16)8(11)3-13-10/h2-4,16H,5H2,1H3. The molecule has 0 bridgehead atoms. The van der Waals surface area contributed by atoms with Crippen molar-refractivity contribution in [3.8, 4) is 5.82 Å². The fourth-order valence-electron chi connectivity index (χ4n) is 1.27. The van der Waals surface area contributed by atoms with Crippen molar-refractivity contribution in [2.24, 2.45) is 0 Å². The number of pyridine rings is 1. The Balaban J connectivity index is 2.48. The maximum atomic E-state index is 9.08. The van der Waals surface area contributed by atoms with Gasteiger partial charge in [-0.3, -0.25) is 0 Å². The van der Waals surface area contributed by atoms with Gasteiger partial charge in [0.05, 0.1) is 28.5 Å². The molecule has 0 fully saturated rings. The molecule has 2 rings (SSSR count). The highest BCUT2D eigenvalue weighted by atomic mass is 35.5. The number of aryl methyl sites for hydroxylation is 1. The monoisotopic (exact) mass is 257 g/mol. The quantitative estimate of drug-likeness (QED) is 0.899. The summed E-state index contributed by atoms with van der Waals surface area (Å²) in [5.74, 6) is 0.573. The van der Waals surface area contributed by atoms with E-state index in [1.807, 2.05) is 6.92 Å². The molecule has 84 valence electrons. The molecule has 0 atom stereocenters. The van der Waals surface area contributed by atoms with Crippen molar-refractivity contribution in [2.75, 3.05) is 0 Å². The van der Waals surface area contributed by atoms with Gasteiger partial charge >= 0.3 is 0 Å². The first-order valence-corrected chi connectivity index (χ1v) is 5.35. The van der Waals surface area contributed by atoms with E-state index < -0.39 is 0 Å². The average Bonchev–Trinajstić information content (AvgIpc) is 2.60. The van der Waals surface area contributed by atoms with Gasteiger partial charge in [0.1, 0.15) is 0 Å². The van der Waals surface area contributed by atoms with Gasteiger partial charge in [0.15, 0.2) is 5.82 Å². The summed E-state index contributed by atoms with van der Waals surface area (Å²) >= 11 is 11.7. The van der Waals surface area contributed by atoms with Crippen molar-refractivity contribution in [2.45, 2.75) is 13.5 Å². The number of rotatable bonds is 2. The van der Waals surface area contributed by atoms with Crippen molar-refractivity contribution < 1.29 is 5.11 Å². The van der Waals surface area contributed by atoms with Crippen molar-refractivity contribution in [3.05, 3.63) is 39.8 Å². The molecule has 16 heavy (non-hydrogen) atoms. The van der Waals surface area contributed by atoms with E-state index in [4.69, 9.17) is 28.3 Å². The molecule has 0 aliphatic rings. The zero-order valence-electron chi connectivity index (χ0n) is 8.48. The summed E-state index contributed by atoms with van der Waals surface area (Å²) in [5.41, 5.74) is 1.33. The van der Waals surface area contributed by atoms with Gasteiger partial charge in [-0.1, -0.05) is 23.2 Å². The van der Waals surface area contributed by atoms with E-state index in [0.717, 1.165) is 5.69 Å². The van der Waals surface area contributed by atoms with Crippen molar-refractivity contribution in [1.82, 2.24) is 14.8 Å². The smallest absolute Gasteiger partial charge is 0.153 e. The largest absolute Gasteiger partial charge is 0.392 e. The highest BCUT2D eigenvalue weighted by Gasteiger charge is 2.07. The number of nitrogens with zero attached hydrogens (tertiary/aromatic N) is 3. The average molecular weight is 258 g/mol. The van der Waals surface area contributed by atoms with Crippen LogP contribution in [0, 0.1) is 6.92 Å². The SMILES string of the molecule is Cc1nn(-c2cc(CO)c(Cl)cn2)cc1Cl. The summed E-state index contributed by atoms with van der Waals surface area (Å²) < 4.78 is 1.55. The number of aliphatic hydroxyl groups excluding tert-OH is 1. The third-order valence-corrected chi connectivity index (χ3v) is 2.88. The van der Waals surface area contributed by atoms with Crippen LogP contribution in [0.5, 0.6) is 0 Å². The summed E-state index contributed by atoms with van der Waals surface area (Å²) in [5, 5.41) is 14.3. The molecule has 0 saturated carbocycles. The van der Waals surface area contributed by atoms with Crippen molar-refractivity contribution in [3.63, 3.8) is 0 Å². The number of hydrogen-bond acceptors (Lipinski definition) is 3. The Morgan fingerprint density at radius 3 is 2.69 bits per heavy atom. The lowest BCUT2D eigenvalue weighted by molar-refractivity contribution is 0.281. The minimum atomic E-state index is -0.137. The number of aliphatic hydroxyl groups is 1. The van der Waals surface area contributed by atoms with E-state index in [0.29, 0.717) is 21.4 Å². The third-order valence-electron chi connectivity index (χ3n) is 2.16. The van der Waals surface area contributed by atoms with E-state index in [2.05, 4.69) is 10.1 Å². The Morgan fingerprint density at radius 1 is 1.38 bits per heavy atom. The van der Waals surface area contributed by atoms with Crippen molar-refractivity contribution in [1.29, 1.82) is 0 Å². The first-order valence-electron chi connectivity index (χ1n) is 4.59. The van der Waals surface area contributed by atoms with Crippen LogP contribution in [0.25, 0.3) is 5.82 Å². The lowest BCUT2D eigenvalue weighted by Crippen LogP contribution is -2.00. The van der Waals surface area contributed by atoms with E-state index in [-0.39, 0.29) is 6.61 Å². The summed E-state index contributed by atoms with van der Waals surface area (Å²) in [4.78, 5) is 4.11. The van der Waals surface area contributed by atoms with Gasteiger partial charge in [0.25, 0.3) is 0 Å². The maximum absolute atomic E-state index is 9.08. The van der Waals surface area contributed by atoms with Gasteiger partial charge in [-0.05, 0) is 13.0 Å². The predicted octanol–water partition coefficient (Wildman–Crippen LogP) is 2.37. The van der Waals surface area contributed by atoms with Gasteiger partial charge in [0, 0.05) is 11.8 Å². The van der Waals surface area contributed by atoms with Crippen LogP contribution >= 0.6 is 23.2 Å². The second-order valence-corrected chi connectivity index (χ2v) is 4.11. The van der Waals surface area contributed by atoms with Crippen LogP contribution in [-0.2, 0) is 6.61 Å². The minimum absolute atomic E-state index is 0.137. The van der Waals surface area contributed by atoms with Gasteiger partial charge in [0.2, 0.25) is 0 Å². The van der Waals surface area contributed by atoms with Crippen LogP contribution in [0.2, 0.25) is 10.0 Å². The highest BCUT2D eigenvalue weighted by molar-refractivity contribution is 6.31. The first-order chi connectivity index (χ1) is 7.61. The number of hydrogen-bond donors (Lipinski definition) is 1. The third kappa shape index (κ3) is 2.04. The molecule has 0 radical (unpaired) electrons. The molecule has 0 aliphatic carbocycles. The number of aromatic nitrogens is 3. The normalized spacial score (nSPS) is 10.8. The molecule has 0 saturated heterocycles. The first kappa shape index (κ1) is 11.4. The second kappa shape index (κ2) is 4.41. The zero-order chi connectivity index (χ0) is 11.7. The van der Waals surface area contributed by atoms with E-state index in [9.17, 15) is 0 Å². The molecule has 0 amide bonds. The lowest BCUT2D eigenvalue weighted by atomic mass is 10.3. The van der Waals surface area contributed by atoms with Gasteiger partial charge < -0.3 is 5.11 Å². The Morgan fingerprint density at radius 2 is 2.12 bits per heavy atom. The topological polar surface area (TPSA) is 50.9 Å². The molecule has 2 aromatic rings. The summed E-state index contributed by atoms with van der Waals surface area (Å²) in [6, 6.07) is 1.67. The molecule has 0 spiro atoms. The molecule has 4 nitrogen and oxygen atoms in total. The van der Waals surface area contributed by atoms with E-state index in [1.54, 1.807) is 16.9 Å². The Labute approximate surface area is 102 Å². The highest BCUT2D eigenvalue weighted by Crippen LogP contribution is 2.19. The molecular formula is C10H9Cl2N3O. The number of halogens is 2. The van der Waals surface area contributed by atoms with Crippen LogP contribution in [0.15, 0.2) is 18.5 Å². The second-order valence-electron chi connectivity index (χ2n) is 3.30. The lowest BCUT2D eigenvalue weighted by Gasteiger charge is -2.04. The molecule has 1 N–H and O–H groups in total. The van der Waals surface area contributed by atoms with E-state index in [1.165, 1.54) is 6.20 Å². The summed E-state index contributed by atoms with van der Waals surface area (Å²) in [6.07, 6.45) is 3.14.